The van der Waals surface area contributed by atoms with Crippen LogP contribution in [0.5, 0.6) is 0 Å². The van der Waals surface area contributed by atoms with Gasteiger partial charge in [-0.3, -0.25) is 4.68 Å². The van der Waals surface area contributed by atoms with Gasteiger partial charge in [-0.15, -0.1) is 0 Å². The van der Waals surface area contributed by atoms with Crippen LogP contribution in [0.2, 0.25) is 0 Å². The summed E-state index contributed by atoms with van der Waals surface area (Å²) in [6.07, 6.45) is 0.682. The van der Waals surface area contributed by atoms with Gasteiger partial charge >= 0.3 is 0 Å². The number of aromatic nitrogens is 4. The first-order valence-corrected chi connectivity index (χ1v) is 6.61. The van der Waals surface area contributed by atoms with E-state index in [0.29, 0.717) is 18.1 Å². The average Bonchev–Trinajstić information content (AvgIpc) is 3.04. The minimum atomic E-state index is 0.633. The maximum atomic E-state index is 5.29. The highest BCUT2D eigenvalue weighted by Gasteiger charge is 2.09. The van der Waals surface area contributed by atoms with Crippen LogP contribution in [0.1, 0.15) is 17.3 Å². The van der Waals surface area contributed by atoms with E-state index in [4.69, 9.17) is 4.52 Å². The van der Waals surface area contributed by atoms with E-state index < -0.39 is 0 Å². The van der Waals surface area contributed by atoms with E-state index in [0.717, 1.165) is 23.5 Å². The molecular formula is C15H16N4O. The molecule has 0 amide bonds. The van der Waals surface area contributed by atoms with Crippen LogP contribution in [0.4, 0.5) is 0 Å². The average molecular weight is 268 g/mol. The lowest BCUT2D eigenvalue weighted by Gasteiger charge is -2.00. The van der Waals surface area contributed by atoms with Gasteiger partial charge in [0.15, 0.2) is 0 Å². The zero-order valence-electron chi connectivity index (χ0n) is 11.6. The minimum absolute atomic E-state index is 0.633. The Morgan fingerprint density at radius 1 is 1.15 bits per heavy atom. The normalized spacial score (nSPS) is 10.9. The Kier molecular flexibility index (Phi) is 3.33. The molecule has 2 heterocycles. The summed E-state index contributed by atoms with van der Waals surface area (Å²) in [5, 5.41) is 8.43. The van der Waals surface area contributed by atoms with Gasteiger partial charge in [-0.2, -0.15) is 10.1 Å². The molecule has 0 atom stereocenters. The summed E-state index contributed by atoms with van der Waals surface area (Å²) in [6.45, 7) is 4.78. The lowest BCUT2D eigenvalue weighted by atomic mass is 10.2. The molecule has 2 aromatic heterocycles. The van der Waals surface area contributed by atoms with Gasteiger partial charge in [0.25, 0.3) is 0 Å². The fourth-order valence-corrected chi connectivity index (χ4v) is 2.16. The smallest absolute Gasteiger partial charge is 0.228 e. The van der Waals surface area contributed by atoms with E-state index in [1.807, 2.05) is 48.9 Å². The summed E-state index contributed by atoms with van der Waals surface area (Å²) >= 11 is 0. The first-order valence-electron chi connectivity index (χ1n) is 6.61. The van der Waals surface area contributed by atoms with Gasteiger partial charge in [0.05, 0.1) is 5.69 Å². The highest BCUT2D eigenvalue weighted by molar-refractivity contribution is 5.53. The maximum absolute atomic E-state index is 5.29. The summed E-state index contributed by atoms with van der Waals surface area (Å²) in [5.41, 5.74) is 3.14. The Hall–Kier alpha value is -2.43. The maximum Gasteiger partial charge on any atom is 0.228 e. The van der Waals surface area contributed by atoms with Crippen molar-refractivity contribution in [1.82, 2.24) is 19.9 Å². The number of aryl methyl sites for hydroxylation is 4. The van der Waals surface area contributed by atoms with E-state index in [1.165, 1.54) is 0 Å². The summed E-state index contributed by atoms with van der Waals surface area (Å²) in [6, 6.07) is 11.9. The van der Waals surface area contributed by atoms with Gasteiger partial charge in [-0.25, -0.2) is 0 Å². The fraction of sp³-hybridized carbons (Fsp3) is 0.267. The standard InChI is InChI=1S/C15H16N4O/c1-11-10-12(2)19(17-11)9-8-14-16-15(18-20-14)13-6-4-3-5-7-13/h3-7,10H,8-9H2,1-2H3. The molecule has 5 heteroatoms. The second-order valence-corrected chi connectivity index (χ2v) is 4.78. The van der Waals surface area contributed by atoms with E-state index in [-0.39, 0.29) is 0 Å². The molecule has 102 valence electrons. The molecule has 0 spiro atoms. The van der Waals surface area contributed by atoms with Crippen molar-refractivity contribution < 1.29 is 4.52 Å². The van der Waals surface area contributed by atoms with Gasteiger partial charge in [0, 0.05) is 24.2 Å². The van der Waals surface area contributed by atoms with Crippen LogP contribution in [0.3, 0.4) is 0 Å². The third-order valence-corrected chi connectivity index (χ3v) is 3.14. The second kappa shape index (κ2) is 5.28. The molecule has 1 aromatic carbocycles. The Morgan fingerprint density at radius 2 is 1.95 bits per heavy atom. The zero-order valence-corrected chi connectivity index (χ0v) is 11.6. The number of benzene rings is 1. The molecule has 5 nitrogen and oxygen atoms in total. The molecular weight excluding hydrogens is 252 g/mol. The molecule has 0 unspecified atom stereocenters. The van der Waals surface area contributed by atoms with E-state index >= 15 is 0 Å². The minimum Gasteiger partial charge on any atom is -0.339 e. The van der Waals surface area contributed by atoms with Crippen molar-refractivity contribution >= 4 is 0 Å². The molecule has 0 N–H and O–H groups in total. The Morgan fingerprint density at radius 3 is 2.65 bits per heavy atom. The largest absolute Gasteiger partial charge is 0.339 e. The van der Waals surface area contributed by atoms with E-state index in [2.05, 4.69) is 21.3 Å². The first kappa shape index (κ1) is 12.6. The predicted octanol–water partition coefficient (Wildman–Crippen LogP) is 2.79. The molecule has 0 saturated heterocycles. The van der Waals surface area contributed by atoms with Gasteiger partial charge in [0.2, 0.25) is 11.7 Å². The number of hydrogen-bond acceptors (Lipinski definition) is 4. The number of rotatable bonds is 4. The van der Waals surface area contributed by atoms with Gasteiger partial charge in [-0.05, 0) is 19.9 Å². The third-order valence-electron chi connectivity index (χ3n) is 3.14. The van der Waals surface area contributed by atoms with Gasteiger partial charge < -0.3 is 4.52 Å². The van der Waals surface area contributed by atoms with E-state index in [1.54, 1.807) is 0 Å². The van der Waals surface area contributed by atoms with Crippen LogP contribution in [-0.2, 0) is 13.0 Å². The first-order chi connectivity index (χ1) is 9.72. The molecule has 3 rings (SSSR count). The van der Waals surface area contributed by atoms with Crippen LogP contribution >= 0.6 is 0 Å². The summed E-state index contributed by atoms with van der Waals surface area (Å²) in [7, 11) is 0. The summed E-state index contributed by atoms with van der Waals surface area (Å²) in [4.78, 5) is 4.41. The molecule has 0 radical (unpaired) electrons. The topological polar surface area (TPSA) is 56.7 Å². The van der Waals surface area contributed by atoms with Crippen LogP contribution in [-0.4, -0.2) is 19.9 Å². The van der Waals surface area contributed by atoms with Gasteiger partial charge in [0.1, 0.15) is 0 Å². The SMILES string of the molecule is Cc1cc(C)n(CCc2nc(-c3ccccc3)no2)n1. The lowest BCUT2D eigenvalue weighted by Crippen LogP contribution is -2.05. The quantitative estimate of drug-likeness (QED) is 0.730. The number of hydrogen-bond donors (Lipinski definition) is 0. The second-order valence-electron chi connectivity index (χ2n) is 4.78. The van der Waals surface area contributed by atoms with Crippen molar-refractivity contribution in [3.8, 4) is 11.4 Å². The predicted molar refractivity (Wildman–Crippen MR) is 75.1 cm³/mol. The highest BCUT2D eigenvalue weighted by Crippen LogP contribution is 2.15. The van der Waals surface area contributed by atoms with Crippen molar-refractivity contribution in [2.75, 3.05) is 0 Å². The van der Waals surface area contributed by atoms with Crippen LogP contribution in [0.25, 0.3) is 11.4 Å². The van der Waals surface area contributed by atoms with Crippen molar-refractivity contribution in [2.24, 2.45) is 0 Å². The monoisotopic (exact) mass is 268 g/mol. The lowest BCUT2D eigenvalue weighted by molar-refractivity contribution is 0.368. The molecule has 0 bridgehead atoms. The highest BCUT2D eigenvalue weighted by atomic mass is 16.5. The molecule has 3 aromatic rings. The van der Waals surface area contributed by atoms with Crippen molar-refractivity contribution in [1.29, 1.82) is 0 Å². The zero-order chi connectivity index (χ0) is 13.9. The van der Waals surface area contributed by atoms with Crippen molar-refractivity contribution in [2.45, 2.75) is 26.8 Å². The Labute approximate surface area is 117 Å². The van der Waals surface area contributed by atoms with Crippen LogP contribution < -0.4 is 0 Å². The van der Waals surface area contributed by atoms with Gasteiger partial charge in [-0.1, -0.05) is 35.5 Å². The fourth-order valence-electron chi connectivity index (χ4n) is 2.16. The van der Waals surface area contributed by atoms with Crippen molar-refractivity contribution in [3.05, 3.63) is 53.7 Å². The molecule has 0 saturated carbocycles. The third kappa shape index (κ3) is 2.61. The molecule has 0 aliphatic heterocycles. The molecule has 0 aliphatic rings. The molecule has 0 aliphatic carbocycles. The summed E-state index contributed by atoms with van der Waals surface area (Å²) < 4.78 is 7.25. The van der Waals surface area contributed by atoms with Crippen LogP contribution in [0, 0.1) is 13.8 Å². The molecule has 20 heavy (non-hydrogen) atoms. The molecule has 0 fully saturated rings. The van der Waals surface area contributed by atoms with Crippen LogP contribution in [0.15, 0.2) is 40.9 Å². The Bertz CT molecular complexity index is 700. The Balaban J connectivity index is 1.70. The van der Waals surface area contributed by atoms with Crippen molar-refractivity contribution in [3.63, 3.8) is 0 Å². The van der Waals surface area contributed by atoms with E-state index in [9.17, 15) is 0 Å². The number of nitrogens with zero attached hydrogens (tertiary/aromatic N) is 4. The summed E-state index contributed by atoms with van der Waals surface area (Å²) in [5.74, 6) is 1.27.